The Labute approximate surface area is 215 Å². The summed E-state index contributed by atoms with van der Waals surface area (Å²) in [6.07, 6.45) is 13.9. The van der Waals surface area contributed by atoms with E-state index in [0.717, 1.165) is 24.4 Å². The average Bonchev–Trinajstić information content (AvgIpc) is 3.14. The highest BCUT2D eigenvalue weighted by Gasteiger charge is 2.69. The van der Waals surface area contributed by atoms with Gasteiger partial charge in [-0.25, -0.2) is 0 Å². The maximum atomic E-state index is 5.98. The molecule has 0 radical (unpaired) electrons. The van der Waals surface area contributed by atoms with Gasteiger partial charge in [0.25, 0.3) is 0 Å². The van der Waals surface area contributed by atoms with Crippen LogP contribution in [0.2, 0.25) is 0 Å². The van der Waals surface area contributed by atoms with E-state index < -0.39 is 0 Å². The second kappa shape index (κ2) is 8.52. The van der Waals surface area contributed by atoms with Gasteiger partial charge in [-0.1, -0.05) is 59.6 Å². The molecule has 4 heteroatoms. The van der Waals surface area contributed by atoms with Crippen molar-refractivity contribution in [2.45, 2.75) is 119 Å². The second-order valence-electron chi connectivity index (χ2n) is 14.8. The van der Waals surface area contributed by atoms with Crippen LogP contribution in [0.15, 0.2) is 11.1 Å². The molecule has 0 aromatic rings. The topological polar surface area (TPSA) is 18.5 Å². The second-order valence-corrected chi connectivity index (χ2v) is 15.4. The van der Waals surface area contributed by atoms with Crippen LogP contribution >= 0.6 is 18.9 Å². The van der Waals surface area contributed by atoms with Gasteiger partial charge in [-0.05, 0) is 110 Å². The van der Waals surface area contributed by atoms with E-state index in [1.54, 1.807) is 5.57 Å². The van der Waals surface area contributed by atoms with E-state index in [1.807, 2.05) is 5.57 Å². The molecule has 194 valence electrons. The lowest BCUT2D eigenvalue weighted by molar-refractivity contribution is -0.225. The smallest absolute Gasteiger partial charge is 0.0664 e. The molecule has 5 aliphatic carbocycles. The third-order valence-corrected chi connectivity index (χ3v) is 13.8. The fourth-order valence-corrected chi connectivity index (χ4v) is 12.2. The maximum absolute atomic E-state index is 5.98. The average molecular weight is 507 g/mol. The third-order valence-electron chi connectivity index (χ3n) is 13.3. The molecule has 0 aliphatic heterocycles. The zero-order chi connectivity index (χ0) is 24.7. The first kappa shape index (κ1) is 26.1. The molecule has 10 atom stereocenters. The molecule has 0 bridgehead atoms. The summed E-state index contributed by atoms with van der Waals surface area (Å²) in [6, 6.07) is 0. The van der Waals surface area contributed by atoms with Gasteiger partial charge in [0.1, 0.15) is 0 Å². The van der Waals surface area contributed by atoms with E-state index in [2.05, 4.69) is 67.4 Å². The first-order valence-electron chi connectivity index (χ1n) is 14.3. The molecule has 4 fully saturated rings. The Morgan fingerprint density at radius 2 is 1.56 bits per heavy atom. The number of hydrogen-bond acceptors (Lipinski definition) is 2. The van der Waals surface area contributed by atoms with E-state index in [-0.39, 0.29) is 5.41 Å². The summed E-state index contributed by atoms with van der Waals surface area (Å²) in [6.45, 7) is 19.0. The fraction of sp³-hybridized carbons (Fsp3) is 0.933. The molecule has 5 aliphatic rings. The monoisotopic (exact) mass is 506 g/mol. The SMILES string of the molecule is CC(C)C1=C2[C@H]3CC[C@@H]4[C@@]5(C)CC[C@H](OP)C(C)(C)[C@@H]5CC[C@@]4(C)[C@]3(C)CC[C@@]2(COP)CC1. The molecule has 2 nitrogen and oxygen atoms in total. The van der Waals surface area contributed by atoms with Gasteiger partial charge in [0.2, 0.25) is 0 Å². The lowest BCUT2D eigenvalue weighted by Crippen LogP contribution is -2.65. The van der Waals surface area contributed by atoms with Gasteiger partial charge in [0.05, 0.1) is 12.7 Å². The Hall–Kier alpha value is 0.520. The minimum atomic E-state index is 0.254. The molecule has 34 heavy (non-hydrogen) atoms. The van der Waals surface area contributed by atoms with Gasteiger partial charge in [0, 0.05) is 24.3 Å². The van der Waals surface area contributed by atoms with Crippen molar-refractivity contribution in [3.05, 3.63) is 11.1 Å². The zero-order valence-electron chi connectivity index (χ0n) is 23.1. The standard InChI is InChI=1S/C30H52O2P2/c1-19(2)20-10-15-30(18-31-33)17-16-28(6)21(25(20)30)8-9-23-27(5)13-12-24(32-34)26(3,4)22(27)11-14-29(23,28)7/h19,21-24H,8-18,33-34H2,1-7H3/t21-,22+,23-,24+,27+,28-,29-,30-/m1/s1. The first-order chi connectivity index (χ1) is 15.9. The molecule has 0 spiro atoms. The molecule has 0 N–H and O–H groups in total. The molecule has 0 aromatic heterocycles. The normalized spacial score (nSPS) is 49.9. The van der Waals surface area contributed by atoms with Crippen molar-refractivity contribution < 1.29 is 9.05 Å². The number of allylic oxidation sites excluding steroid dienone is 1. The van der Waals surface area contributed by atoms with E-state index >= 15 is 0 Å². The van der Waals surface area contributed by atoms with Crippen molar-refractivity contribution in [1.82, 2.24) is 0 Å². The Kier molecular flexibility index (Phi) is 6.55. The Morgan fingerprint density at radius 3 is 2.21 bits per heavy atom. The van der Waals surface area contributed by atoms with Crippen molar-refractivity contribution >= 4 is 18.9 Å². The predicted molar refractivity (Wildman–Crippen MR) is 149 cm³/mol. The summed E-state index contributed by atoms with van der Waals surface area (Å²) in [5.41, 5.74) is 5.53. The molecule has 2 unspecified atom stereocenters. The van der Waals surface area contributed by atoms with Crippen LogP contribution in [0.3, 0.4) is 0 Å². The van der Waals surface area contributed by atoms with Gasteiger partial charge in [-0.2, -0.15) is 0 Å². The van der Waals surface area contributed by atoms with Crippen LogP contribution in [0, 0.1) is 50.7 Å². The van der Waals surface area contributed by atoms with E-state index in [0.29, 0.717) is 33.7 Å². The van der Waals surface area contributed by atoms with Crippen molar-refractivity contribution in [1.29, 1.82) is 0 Å². The van der Waals surface area contributed by atoms with Crippen LogP contribution in [-0.4, -0.2) is 12.7 Å². The highest BCUT2D eigenvalue weighted by Crippen LogP contribution is 2.77. The molecular formula is C30H52O2P2. The fourth-order valence-electron chi connectivity index (χ4n) is 11.4. The molecular weight excluding hydrogens is 454 g/mol. The maximum Gasteiger partial charge on any atom is 0.0664 e. The summed E-state index contributed by atoms with van der Waals surface area (Å²) >= 11 is 0. The van der Waals surface area contributed by atoms with Gasteiger partial charge in [0.15, 0.2) is 0 Å². The van der Waals surface area contributed by atoms with E-state index in [4.69, 9.17) is 9.05 Å². The summed E-state index contributed by atoms with van der Waals surface area (Å²) in [4.78, 5) is 0. The quantitative estimate of drug-likeness (QED) is 0.280. The Bertz CT molecular complexity index is 851. The predicted octanol–water partition coefficient (Wildman–Crippen LogP) is 8.77. The third kappa shape index (κ3) is 3.26. The van der Waals surface area contributed by atoms with Crippen LogP contribution in [0.25, 0.3) is 0 Å². The number of hydrogen-bond donors (Lipinski definition) is 0. The van der Waals surface area contributed by atoms with Crippen molar-refractivity contribution in [2.24, 2.45) is 50.7 Å². The number of fused-ring (bicyclic) bond motifs is 7. The zero-order valence-corrected chi connectivity index (χ0v) is 25.4. The van der Waals surface area contributed by atoms with Crippen LogP contribution < -0.4 is 0 Å². The van der Waals surface area contributed by atoms with Crippen molar-refractivity contribution in [3.63, 3.8) is 0 Å². The molecule has 0 aromatic carbocycles. The molecule has 0 saturated heterocycles. The molecule has 4 saturated carbocycles. The van der Waals surface area contributed by atoms with Crippen molar-refractivity contribution in [3.8, 4) is 0 Å². The van der Waals surface area contributed by atoms with Gasteiger partial charge < -0.3 is 9.05 Å². The van der Waals surface area contributed by atoms with Crippen LogP contribution in [-0.2, 0) is 9.05 Å². The van der Waals surface area contributed by atoms with E-state index in [1.165, 1.54) is 64.2 Å². The van der Waals surface area contributed by atoms with Crippen LogP contribution in [0.4, 0.5) is 0 Å². The minimum Gasteiger partial charge on any atom is -0.365 e. The first-order valence-corrected chi connectivity index (χ1v) is 15.3. The van der Waals surface area contributed by atoms with Gasteiger partial charge >= 0.3 is 0 Å². The summed E-state index contributed by atoms with van der Waals surface area (Å²) in [7, 11) is 5.17. The Morgan fingerprint density at radius 1 is 0.824 bits per heavy atom. The van der Waals surface area contributed by atoms with Gasteiger partial charge in [-0.15, -0.1) is 0 Å². The molecule has 5 rings (SSSR count). The highest BCUT2D eigenvalue weighted by molar-refractivity contribution is 7.10. The largest absolute Gasteiger partial charge is 0.365 e. The van der Waals surface area contributed by atoms with Gasteiger partial charge in [-0.3, -0.25) is 0 Å². The number of rotatable bonds is 4. The molecule has 0 heterocycles. The Balaban J connectivity index is 1.56. The van der Waals surface area contributed by atoms with Crippen LogP contribution in [0.1, 0.15) is 113 Å². The highest BCUT2D eigenvalue weighted by atomic mass is 31.0. The summed E-state index contributed by atoms with van der Waals surface area (Å²) < 4.78 is 11.8. The lowest BCUT2D eigenvalue weighted by Gasteiger charge is -2.72. The minimum absolute atomic E-state index is 0.254. The molecule has 0 amide bonds. The summed E-state index contributed by atoms with van der Waals surface area (Å²) in [5, 5.41) is 0. The van der Waals surface area contributed by atoms with Crippen molar-refractivity contribution in [2.75, 3.05) is 6.61 Å². The van der Waals surface area contributed by atoms with Crippen LogP contribution in [0.5, 0.6) is 0 Å². The van der Waals surface area contributed by atoms with E-state index in [9.17, 15) is 0 Å². The summed E-state index contributed by atoms with van der Waals surface area (Å²) in [5.74, 6) is 3.02. The lowest BCUT2D eigenvalue weighted by atomic mass is 9.33.